The van der Waals surface area contributed by atoms with Gasteiger partial charge in [0.25, 0.3) is 0 Å². The predicted molar refractivity (Wildman–Crippen MR) is 82.5 cm³/mol. The lowest BCUT2D eigenvalue weighted by atomic mass is 10.1. The minimum absolute atomic E-state index is 0.331. The zero-order valence-corrected chi connectivity index (χ0v) is 12.5. The van der Waals surface area contributed by atoms with Crippen molar-refractivity contribution in [1.29, 1.82) is 0 Å². The number of hydrogen-bond donors (Lipinski definition) is 1. The summed E-state index contributed by atoms with van der Waals surface area (Å²) in [5, 5.41) is 3.52. The molecule has 0 fully saturated rings. The van der Waals surface area contributed by atoms with Gasteiger partial charge in [-0.25, -0.2) is 0 Å². The molecule has 0 saturated carbocycles. The predicted octanol–water partition coefficient (Wildman–Crippen LogP) is 3.96. The Kier molecular flexibility index (Phi) is 5.00. The molecule has 1 atom stereocenters. The van der Waals surface area contributed by atoms with Crippen LogP contribution in [0.2, 0.25) is 0 Å². The Labute approximate surface area is 119 Å². The second-order valence-electron chi connectivity index (χ2n) is 4.64. The molecule has 2 nitrogen and oxygen atoms in total. The fourth-order valence-corrected chi connectivity index (χ4v) is 2.37. The number of nitrogens with zero attached hydrogens (tertiary/aromatic N) is 1. The quantitative estimate of drug-likeness (QED) is 0.834. The van der Waals surface area contributed by atoms with E-state index in [1.165, 1.54) is 16.0 Å². The average Bonchev–Trinajstić information content (AvgIpc) is 2.46. The summed E-state index contributed by atoms with van der Waals surface area (Å²) in [5.41, 5.74) is 3.67. The molecule has 1 heterocycles. The fraction of sp³-hybridized carbons (Fsp3) is 0.312. The lowest BCUT2D eigenvalue weighted by molar-refractivity contribution is 0.566. The van der Waals surface area contributed by atoms with Crippen molar-refractivity contribution in [1.82, 2.24) is 10.3 Å². The normalized spacial score (nSPS) is 12.4. The Morgan fingerprint density at radius 2 is 1.95 bits per heavy atom. The largest absolute Gasteiger partial charge is 0.305 e. The van der Waals surface area contributed by atoms with Crippen LogP contribution < -0.4 is 5.32 Å². The van der Waals surface area contributed by atoms with Crippen LogP contribution in [0.3, 0.4) is 0 Å². The van der Waals surface area contributed by atoms with Crippen molar-refractivity contribution in [2.45, 2.75) is 31.3 Å². The number of aromatic nitrogens is 1. The molecule has 0 aliphatic heterocycles. The van der Waals surface area contributed by atoms with Crippen LogP contribution in [-0.2, 0) is 6.54 Å². The van der Waals surface area contributed by atoms with Crippen LogP contribution in [0.15, 0.2) is 47.5 Å². The number of rotatable bonds is 5. The summed E-state index contributed by atoms with van der Waals surface area (Å²) in [4.78, 5) is 5.71. The number of hydrogen-bond acceptors (Lipinski definition) is 3. The first-order valence-electron chi connectivity index (χ1n) is 6.48. The molecule has 2 rings (SSSR count). The van der Waals surface area contributed by atoms with Crippen LogP contribution in [0.1, 0.15) is 29.8 Å². The van der Waals surface area contributed by atoms with E-state index in [4.69, 9.17) is 0 Å². The zero-order valence-electron chi connectivity index (χ0n) is 11.7. The minimum Gasteiger partial charge on any atom is -0.305 e. The molecule has 2 aromatic rings. The number of nitrogens with one attached hydrogen (secondary N) is 1. The van der Waals surface area contributed by atoms with Gasteiger partial charge < -0.3 is 5.32 Å². The summed E-state index contributed by atoms with van der Waals surface area (Å²) < 4.78 is 0. The second kappa shape index (κ2) is 6.73. The maximum absolute atomic E-state index is 4.41. The van der Waals surface area contributed by atoms with Crippen LogP contribution in [-0.4, -0.2) is 11.2 Å². The molecule has 1 aromatic carbocycles. The van der Waals surface area contributed by atoms with Crippen LogP contribution in [0.5, 0.6) is 0 Å². The molecule has 1 aromatic heterocycles. The minimum atomic E-state index is 0.331. The van der Waals surface area contributed by atoms with Crippen LogP contribution in [0.25, 0.3) is 0 Å². The number of pyridine rings is 1. The maximum atomic E-state index is 4.41. The van der Waals surface area contributed by atoms with Gasteiger partial charge in [-0.3, -0.25) is 4.98 Å². The molecule has 0 radical (unpaired) electrons. The van der Waals surface area contributed by atoms with E-state index in [2.05, 4.69) is 60.7 Å². The van der Waals surface area contributed by atoms with E-state index in [9.17, 15) is 0 Å². The molecule has 3 heteroatoms. The van der Waals surface area contributed by atoms with Crippen LogP contribution in [0, 0.1) is 6.92 Å². The first kappa shape index (κ1) is 14.1. The molecule has 0 bridgehead atoms. The lowest BCUT2D eigenvalue weighted by Gasteiger charge is -2.15. The lowest BCUT2D eigenvalue weighted by Crippen LogP contribution is -2.19. The molecular formula is C16H20N2S. The summed E-state index contributed by atoms with van der Waals surface area (Å²) in [7, 11) is 0. The second-order valence-corrected chi connectivity index (χ2v) is 5.52. The summed E-state index contributed by atoms with van der Waals surface area (Å²) in [6, 6.07) is 13.1. The Morgan fingerprint density at radius 1 is 1.21 bits per heavy atom. The summed E-state index contributed by atoms with van der Waals surface area (Å²) >= 11 is 1.77. The fourth-order valence-electron chi connectivity index (χ4n) is 1.96. The molecule has 100 valence electrons. The van der Waals surface area contributed by atoms with Crippen molar-refractivity contribution in [2.75, 3.05) is 6.26 Å². The van der Waals surface area contributed by atoms with E-state index in [1.807, 2.05) is 12.3 Å². The van der Waals surface area contributed by atoms with Gasteiger partial charge in [0.05, 0.1) is 5.69 Å². The van der Waals surface area contributed by atoms with Gasteiger partial charge in [-0.15, -0.1) is 11.8 Å². The third kappa shape index (κ3) is 3.82. The Hall–Kier alpha value is -1.32. The molecule has 1 N–H and O–H groups in total. The van der Waals surface area contributed by atoms with Gasteiger partial charge in [0.2, 0.25) is 0 Å². The van der Waals surface area contributed by atoms with Crippen molar-refractivity contribution >= 4 is 11.8 Å². The van der Waals surface area contributed by atoms with Crippen molar-refractivity contribution in [3.05, 3.63) is 59.4 Å². The molecule has 0 aliphatic carbocycles. The monoisotopic (exact) mass is 272 g/mol. The first-order valence-corrected chi connectivity index (χ1v) is 7.71. The first-order chi connectivity index (χ1) is 9.20. The highest BCUT2D eigenvalue weighted by Gasteiger charge is 2.06. The third-order valence-electron chi connectivity index (χ3n) is 3.31. The van der Waals surface area contributed by atoms with Gasteiger partial charge in [0.15, 0.2) is 0 Å². The number of thioether (sulfide) groups is 1. The Morgan fingerprint density at radius 3 is 2.58 bits per heavy atom. The smallest absolute Gasteiger partial charge is 0.0570 e. The topological polar surface area (TPSA) is 24.9 Å². The van der Waals surface area contributed by atoms with Crippen molar-refractivity contribution in [3.63, 3.8) is 0 Å². The molecular weight excluding hydrogens is 252 g/mol. The molecule has 0 saturated heterocycles. The van der Waals surface area contributed by atoms with E-state index in [-0.39, 0.29) is 0 Å². The van der Waals surface area contributed by atoms with Gasteiger partial charge in [-0.1, -0.05) is 18.2 Å². The van der Waals surface area contributed by atoms with Crippen LogP contribution >= 0.6 is 11.8 Å². The van der Waals surface area contributed by atoms with E-state index >= 15 is 0 Å². The Bertz CT molecular complexity index is 523. The summed E-state index contributed by atoms with van der Waals surface area (Å²) in [5.74, 6) is 0. The van der Waals surface area contributed by atoms with Gasteiger partial charge in [0, 0.05) is 23.7 Å². The third-order valence-corrected chi connectivity index (χ3v) is 4.05. The highest BCUT2D eigenvalue weighted by molar-refractivity contribution is 7.98. The van der Waals surface area contributed by atoms with E-state index in [0.717, 1.165) is 12.2 Å². The van der Waals surface area contributed by atoms with E-state index in [0.29, 0.717) is 6.04 Å². The highest BCUT2D eigenvalue weighted by Crippen LogP contribution is 2.19. The van der Waals surface area contributed by atoms with Gasteiger partial charge in [-0.05, 0) is 49.4 Å². The average molecular weight is 272 g/mol. The SMILES string of the molecule is CSc1ccc(C(C)NCc2ncccc2C)cc1. The molecule has 0 spiro atoms. The van der Waals surface area contributed by atoms with E-state index < -0.39 is 0 Å². The Balaban J connectivity index is 1.97. The standard InChI is InChI=1S/C16H20N2S/c1-12-5-4-10-17-16(12)11-18-13(2)14-6-8-15(19-3)9-7-14/h4-10,13,18H,11H2,1-3H3. The number of benzene rings is 1. The summed E-state index contributed by atoms with van der Waals surface area (Å²) in [6.07, 6.45) is 3.95. The highest BCUT2D eigenvalue weighted by atomic mass is 32.2. The van der Waals surface area contributed by atoms with E-state index in [1.54, 1.807) is 11.8 Å². The molecule has 1 unspecified atom stereocenters. The maximum Gasteiger partial charge on any atom is 0.0570 e. The summed E-state index contributed by atoms with van der Waals surface area (Å²) in [6.45, 7) is 5.09. The van der Waals surface area contributed by atoms with Crippen molar-refractivity contribution < 1.29 is 0 Å². The zero-order chi connectivity index (χ0) is 13.7. The van der Waals surface area contributed by atoms with Crippen LogP contribution in [0.4, 0.5) is 0 Å². The van der Waals surface area contributed by atoms with Crippen molar-refractivity contribution in [2.24, 2.45) is 0 Å². The van der Waals surface area contributed by atoms with Gasteiger partial charge in [0.1, 0.15) is 0 Å². The molecule has 19 heavy (non-hydrogen) atoms. The molecule has 0 aliphatic rings. The van der Waals surface area contributed by atoms with Gasteiger partial charge in [-0.2, -0.15) is 0 Å². The molecule has 0 amide bonds. The van der Waals surface area contributed by atoms with Gasteiger partial charge >= 0.3 is 0 Å². The van der Waals surface area contributed by atoms with Crippen molar-refractivity contribution in [3.8, 4) is 0 Å². The number of aryl methyl sites for hydroxylation is 1.